The second-order valence-electron chi connectivity index (χ2n) is 4.97. The molecule has 1 aromatic carbocycles. The van der Waals surface area contributed by atoms with Crippen molar-refractivity contribution in [1.82, 2.24) is 9.55 Å². The Kier molecular flexibility index (Phi) is 5.60. The van der Waals surface area contributed by atoms with Crippen LogP contribution in [-0.2, 0) is 11.8 Å². The molecule has 0 spiro atoms. The van der Waals surface area contributed by atoms with E-state index in [1.165, 1.54) is 28.0 Å². The highest BCUT2D eigenvalue weighted by Gasteiger charge is 2.14. The minimum absolute atomic E-state index is 0.0468. The molecule has 0 radical (unpaired) electrons. The quantitative estimate of drug-likeness (QED) is 0.478. The molecule has 2 aromatic heterocycles. The van der Waals surface area contributed by atoms with Crippen LogP contribution >= 0.6 is 57.9 Å². The van der Waals surface area contributed by atoms with Gasteiger partial charge in [0, 0.05) is 12.1 Å². The Balaban J connectivity index is 1.75. The first kappa shape index (κ1) is 18.5. The first-order chi connectivity index (χ1) is 11.9. The smallest absolute Gasteiger partial charge is 0.271 e. The van der Waals surface area contributed by atoms with E-state index in [-0.39, 0.29) is 27.3 Å². The number of hydrogen-bond acceptors (Lipinski definition) is 5. The van der Waals surface area contributed by atoms with Crippen LogP contribution in [0.3, 0.4) is 0 Å². The molecule has 0 aliphatic heterocycles. The zero-order valence-corrected chi connectivity index (χ0v) is 16.6. The van der Waals surface area contributed by atoms with Crippen LogP contribution in [-0.4, -0.2) is 21.2 Å². The van der Waals surface area contributed by atoms with Crippen molar-refractivity contribution in [1.29, 1.82) is 0 Å². The van der Waals surface area contributed by atoms with Crippen molar-refractivity contribution >= 4 is 79.7 Å². The van der Waals surface area contributed by atoms with Gasteiger partial charge in [0.1, 0.15) is 4.70 Å². The normalized spacial score (nSPS) is 11.0. The Morgan fingerprint density at radius 3 is 2.68 bits per heavy atom. The maximum Gasteiger partial charge on any atom is 0.271 e. The fourth-order valence-corrected chi connectivity index (χ4v) is 4.55. The number of carbonyl (C=O) groups excluding carboxylic acids is 1. The lowest BCUT2D eigenvalue weighted by Gasteiger charge is -2.10. The molecular weight excluding hydrogens is 425 g/mol. The molecule has 3 aromatic rings. The van der Waals surface area contributed by atoms with Crippen molar-refractivity contribution in [3.05, 3.63) is 49.0 Å². The van der Waals surface area contributed by atoms with Gasteiger partial charge >= 0.3 is 0 Å². The number of nitrogens with zero attached hydrogens (tertiary/aromatic N) is 2. The van der Waals surface area contributed by atoms with E-state index in [1.807, 2.05) is 5.38 Å². The first-order valence-corrected chi connectivity index (χ1v) is 9.88. The topological polar surface area (TPSA) is 64.0 Å². The molecule has 0 aliphatic rings. The molecule has 130 valence electrons. The van der Waals surface area contributed by atoms with Gasteiger partial charge in [0.15, 0.2) is 5.16 Å². The average molecular weight is 435 g/mol. The van der Waals surface area contributed by atoms with Gasteiger partial charge in [0.2, 0.25) is 5.91 Å². The Labute approximate surface area is 165 Å². The Morgan fingerprint density at radius 1 is 1.32 bits per heavy atom. The van der Waals surface area contributed by atoms with Crippen molar-refractivity contribution in [3.8, 4) is 0 Å². The van der Waals surface area contributed by atoms with Crippen LogP contribution < -0.4 is 10.9 Å². The van der Waals surface area contributed by atoms with E-state index in [2.05, 4.69) is 10.3 Å². The fraction of sp³-hybridized carbons (Fsp3) is 0.133. The summed E-state index contributed by atoms with van der Waals surface area (Å²) in [6.07, 6.45) is 0. The van der Waals surface area contributed by atoms with Gasteiger partial charge < -0.3 is 5.32 Å². The predicted molar refractivity (Wildman–Crippen MR) is 106 cm³/mol. The van der Waals surface area contributed by atoms with Crippen molar-refractivity contribution in [2.75, 3.05) is 11.1 Å². The van der Waals surface area contributed by atoms with E-state index < -0.39 is 0 Å². The molecule has 0 atom stereocenters. The molecule has 1 amide bonds. The standard InChI is InChI=1S/C15H10Cl3N3O2S2/c1-21-14(23)13-10(2-3-24-13)19-15(21)25-6-11(22)20-12-8(17)4-7(16)5-9(12)18/h2-5H,6H2,1H3,(H,20,22). The molecule has 3 rings (SSSR count). The predicted octanol–water partition coefficient (Wildman–Crippen LogP) is 4.69. The molecule has 0 bridgehead atoms. The second-order valence-corrected chi connectivity index (χ2v) is 8.08. The Morgan fingerprint density at radius 2 is 2.00 bits per heavy atom. The number of aromatic nitrogens is 2. The van der Waals surface area contributed by atoms with Gasteiger partial charge in [0.05, 0.1) is 27.0 Å². The monoisotopic (exact) mass is 433 g/mol. The third kappa shape index (κ3) is 3.96. The summed E-state index contributed by atoms with van der Waals surface area (Å²) in [6, 6.07) is 4.76. The maximum absolute atomic E-state index is 12.2. The van der Waals surface area contributed by atoms with Gasteiger partial charge in [-0.05, 0) is 23.6 Å². The molecule has 0 saturated heterocycles. The van der Waals surface area contributed by atoms with Crippen LogP contribution in [0.5, 0.6) is 0 Å². The van der Waals surface area contributed by atoms with Crippen LogP contribution in [0.4, 0.5) is 5.69 Å². The molecule has 0 aliphatic carbocycles. The van der Waals surface area contributed by atoms with Crippen LogP contribution in [0.1, 0.15) is 0 Å². The van der Waals surface area contributed by atoms with Gasteiger partial charge in [-0.25, -0.2) is 4.98 Å². The second kappa shape index (κ2) is 7.55. The fourth-order valence-electron chi connectivity index (χ4n) is 2.06. The zero-order valence-electron chi connectivity index (χ0n) is 12.7. The third-order valence-corrected chi connectivity index (χ3v) is 5.99. The number of anilines is 1. The maximum atomic E-state index is 12.2. The molecule has 0 saturated carbocycles. The highest BCUT2D eigenvalue weighted by atomic mass is 35.5. The van der Waals surface area contributed by atoms with Crippen LogP contribution in [0.2, 0.25) is 15.1 Å². The minimum atomic E-state index is -0.323. The summed E-state index contributed by atoms with van der Waals surface area (Å²) in [4.78, 5) is 28.8. The summed E-state index contributed by atoms with van der Waals surface area (Å²) in [5.41, 5.74) is 0.792. The van der Waals surface area contributed by atoms with Gasteiger partial charge in [-0.3, -0.25) is 14.2 Å². The van der Waals surface area contributed by atoms with Crippen LogP contribution in [0.15, 0.2) is 33.5 Å². The number of benzene rings is 1. The number of amides is 1. The number of thioether (sulfide) groups is 1. The van der Waals surface area contributed by atoms with E-state index >= 15 is 0 Å². The van der Waals surface area contributed by atoms with E-state index in [0.717, 1.165) is 11.8 Å². The lowest BCUT2D eigenvalue weighted by Crippen LogP contribution is -2.20. The molecule has 1 N–H and O–H groups in total. The van der Waals surface area contributed by atoms with E-state index in [0.29, 0.717) is 26.1 Å². The summed E-state index contributed by atoms with van der Waals surface area (Å²) in [5, 5.41) is 5.80. The largest absolute Gasteiger partial charge is 0.323 e. The summed E-state index contributed by atoms with van der Waals surface area (Å²) in [7, 11) is 1.63. The number of carbonyl (C=O) groups is 1. The summed E-state index contributed by atoms with van der Waals surface area (Å²) in [6.45, 7) is 0. The summed E-state index contributed by atoms with van der Waals surface area (Å²) < 4.78 is 2.02. The molecule has 25 heavy (non-hydrogen) atoms. The number of fused-ring (bicyclic) bond motifs is 1. The molecule has 5 nitrogen and oxygen atoms in total. The van der Waals surface area contributed by atoms with Gasteiger partial charge in [0.25, 0.3) is 5.56 Å². The van der Waals surface area contributed by atoms with Crippen molar-refractivity contribution in [3.63, 3.8) is 0 Å². The molecule has 0 fully saturated rings. The number of nitrogens with one attached hydrogen (secondary N) is 1. The van der Waals surface area contributed by atoms with Crippen LogP contribution in [0, 0.1) is 0 Å². The van der Waals surface area contributed by atoms with Gasteiger partial charge in [-0.15, -0.1) is 11.3 Å². The van der Waals surface area contributed by atoms with Crippen molar-refractivity contribution < 1.29 is 4.79 Å². The highest BCUT2D eigenvalue weighted by Crippen LogP contribution is 2.33. The van der Waals surface area contributed by atoms with Crippen LogP contribution in [0.25, 0.3) is 10.2 Å². The van der Waals surface area contributed by atoms with Crippen molar-refractivity contribution in [2.24, 2.45) is 7.05 Å². The third-order valence-electron chi connectivity index (χ3n) is 3.25. The zero-order chi connectivity index (χ0) is 18.1. The lowest BCUT2D eigenvalue weighted by atomic mass is 10.3. The number of halogens is 3. The Bertz CT molecular complexity index is 1010. The first-order valence-electron chi connectivity index (χ1n) is 6.88. The number of hydrogen-bond donors (Lipinski definition) is 1. The molecule has 0 unspecified atom stereocenters. The summed E-state index contributed by atoms with van der Waals surface area (Å²) >= 11 is 20.4. The summed E-state index contributed by atoms with van der Waals surface area (Å²) in [5.74, 6) is -0.277. The number of thiophene rings is 1. The molecule has 2 heterocycles. The van der Waals surface area contributed by atoms with E-state index in [9.17, 15) is 9.59 Å². The average Bonchev–Trinajstić information content (AvgIpc) is 3.01. The number of rotatable bonds is 4. The van der Waals surface area contributed by atoms with Gasteiger partial charge in [-0.1, -0.05) is 46.6 Å². The SMILES string of the molecule is Cn1c(SCC(=O)Nc2c(Cl)cc(Cl)cc2Cl)nc2ccsc2c1=O. The Hall–Kier alpha value is -1.25. The highest BCUT2D eigenvalue weighted by molar-refractivity contribution is 7.99. The van der Waals surface area contributed by atoms with Crippen molar-refractivity contribution in [2.45, 2.75) is 5.16 Å². The van der Waals surface area contributed by atoms with Gasteiger partial charge in [-0.2, -0.15) is 0 Å². The lowest BCUT2D eigenvalue weighted by molar-refractivity contribution is -0.113. The minimum Gasteiger partial charge on any atom is -0.323 e. The molecular formula is C15H10Cl3N3O2S2. The van der Waals surface area contributed by atoms with E-state index in [4.69, 9.17) is 34.8 Å². The molecule has 10 heteroatoms. The van der Waals surface area contributed by atoms with E-state index in [1.54, 1.807) is 13.1 Å².